The van der Waals surface area contributed by atoms with Gasteiger partial charge in [-0.25, -0.2) is 28.5 Å². The maximum Gasteiger partial charge on any atom is 0.490 e. The van der Waals surface area contributed by atoms with Crippen LogP contribution < -0.4 is 21.8 Å². The largest absolute Gasteiger partial charge is 0.490 e. The Morgan fingerprint density at radius 2 is 0.778 bits per heavy atom. The Morgan fingerprint density at radius 3 is 1.15 bits per heavy atom. The molecule has 40 heteroatoms. The summed E-state index contributed by atoms with van der Waals surface area (Å²) in [6.07, 6.45) is 16.6. The van der Waals surface area contributed by atoms with Crippen molar-refractivity contribution in [2.45, 2.75) is 230 Å². The molecule has 0 unspecified atom stereocenters. The van der Waals surface area contributed by atoms with Gasteiger partial charge in [-0.15, -0.1) is 0 Å². The lowest BCUT2D eigenvalue weighted by Crippen LogP contribution is -2.59. The van der Waals surface area contributed by atoms with Crippen molar-refractivity contribution in [2.75, 3.05) is 119 Å². The molecule has 772 valence electrons. The van der Waals surface area contributed by atoms with Crippen LogP contribution in [-0.4, -0.2) is 293 Å². The number of carboxylic acids is 2. The fourth-order valence-electron chi connectivity index (χ4n) is 21.7. The van der Waals surface area contributed by atoms with Gasteiger partial charge in [0, 0.05) is 132 Å². The molecule has 23 rings (SSSR count). The molecule has 4 aromatic heterocycles. The second-order valence-corrected chi connectivity index (χ2v) is 41.3. The number of nitrogens with one attached hydrogen (secondary N) is 2. The van der Waals surface area contributed by atoms with Gasteiger partial charge in [0.15, 0.2) is 26.9 Å². The van der Waals surface area contributed by atoms with Crippen molar-refractivity contribution < 1.29 is 103 Å². The van der Waals surface area contributed by atoms with E-state index in [2.05, 4.69) is 49.4 Å². The van der Waals surface area contributed by atoms with Gasteiger partial charge in [-0.05, 0) is 264 Å². The number of aliphatic carboxylic acids is 2. The van der Waals surface area contributed by atoms with Crippen molar-refractivity contribution in [1.29, 1.82) is 0 Å². The van der Waals surface area contributed by atoms with Crippen LogP contribution in [0.15, 0.2) is 131 Å². The molecule has 0 radical (unpaired) electrons. The number of amides is 6. The Labute approximate surface area is 827 Å². The van der Waals surface area contributed by atoms with Crippen LogP contribution in [0, 0.1) is 35.5 Å². The molecule has 4 saturated carbocycles. The number of ether oxygens (including phenoxy) is 4. The van der Waals surface area contributed by atoms with Gasteiger partial charge in [-0.1, -0.05) is 72.8 Å². The highest BCUT2D eigenvalue weighted by Gasteiger charge is 2.55. The molecule has 8 aromatic rings. The van der Waals surface area contributed by atoms with Gasteiger partial charge in [0.25, 0.3) is 11.1 Å². The molecule has 11 aliphatic heterocycles. The third kappa shape index (κ3) is 23.7. The second kappa shape index (κ2) is 43.0. The number of urea groups is 2. The van der Waals surface area contributed by atoms with E-state index in [0.29, 0.717) is 176 Å². The Bertz CT molecular complexity index is 6120. The number of piperidine rings is 4. The Morgan fingerprint density at radius 1 is 0.424 bits per heavy atom. The molecule has 144 heavy (non-hydrogen) atoms. The number of carbonyl (C=O) groups excluding carboxylic acids is 8. The molecule has 15 heterocycles. The van der Waals surface area contributed by atoms with Gasteiger partial charge in [0.05, 0.1) is 49.9 Å². The first-order chi connectivity index (χ1) is 68.8. The zero-order valence-corrected chi connectivity index (χ0v) is 81.7. The number of pyridine rings is 2. The zero-order valence-electron chi connectivity index (χ0n) is 81.7. The van der Waals surface area contributed by atoms with Crippen LogP contribution in [0.25, 0.3) is 43.6 Å². The minimum absolute atomic E-state index is 0.0262. The minimum atomic E-state index is -5.08. The van der Waals surface area contributed by atoms with Gasteiger partial charge < -0.3 is 69.2 Å². The Balaban J connectivity index is 0.000000174. The highest BCUT2D eigenvalue weighted by atomic mass is 19.4. The number of aromatic nitrogens is 6. The molecule has 2 atom stereocenters. The summed E-state index contributed by atoms with van der Waals surface area (Å²) in [5.74, 6) is -7.08. The third-order valence-electron chi connectivity index (χ3n) is 31.4. The average Bonchev–Trinajstić information content (AvgIpc) is 1.06. The molecule has 4 N–H and O–H groups in total. The molecule has 4 aliphatic carbocycles. The number of nitrogens with zero attached hydrogens (tertiary/aromatic N) is 14. The quantitative estimate of drug-likeness (QED) is 0.0550. The number of esters is 4. The number of carbonyl (C=O) groups is 10. The van der Waals surface area contributed by atoms with E-state index >= 15 is 0 Å². The highest BCUT2D eigenvalue weighted by molar-refractivity contribution is 5.91. The second-order valence-electron chi connectivity index (χ2n) is 41.3. The number of alkyl halides is 6. The van der Waals surface area contributed by atoms with Gasteiger partial charge in [-0.3, -0.25) is 57.3 Å². The van der Waals surface area contributed by atoms with Gasteiger partial charge in [0.1, 0.15) is 12.1 Å². The molecule has 15 aliphatic rings. The van der Waals surface area contributed by atoms with Crippen molar-refractivity contribution >= 4 is 103 Å². The van der Waals surface area contributed by atoms with Crippen LogP contribution in [0.2, 0.25) is 0 Å². The SMILES string of the molecule is Cc1cc2cc3cn(nc13)COC(=O)C1(C/C=C\CC3(CC3)C(=O)OCn3c(=O)c(cc4ccccc43)C3CCN(CC3)C(=O)N[C@@H](C(=O)N3CCN(C4CCN(C)CC4)CC3)C2)CC1.Cc1cc2cc3cnn(c13)COC(=O)C1(C/C=C\CC3(CC3)C(=O)OCn3c(=O)c(cc4ccccc43)C3CCN(CC3)C(=O)N[C@@H](C(=O)N3CCN(C4CCN(C)CC4)CC3)C2)CC1.O=C(O)C(F)(F)F.O=C(O)C(F)(F)F. The fraction of sp³-hybridized carbons (Fsp3) is 0.558. The van der Waals surface area contributed by atoms with E-state index in [9.17, 15) is 74.3 Å². The number of halogens is 6. The highest BCUT2D eigenvalue weighted by Crippen LogP contribution is 2.55. The smallest absolute Gasteiger partial charge is 0.475 e. The monoisotopic (exact) mass is 2000 g/mol. The summed E-state index contributed by atoms with van der Waals surface area (Å²) in [5.41, 5.74) is 5.12. The summed E-state index contributed by atoms with van der Waals surface area (Å²) in [6, 6.07) is 26.2. The molecule has 6 saturated heterocycles. The number of piperazine rings is 2. The van der Waals surface area contributed by atoms with E-state index in [-0.39, 0.29) is 97.6 Å². The topological polar surface area (TPSA) is 378 Å². The maximum atomic E-state index is 14.6. The van der Waals surface area contributed by atoms with Crippen molar-refractivity contribution in [1.82, 2.24) is 78.5 Å². The lowest BCUT2D eigenvalue weighted by atomic mass is 9.89. The number of fused-ring (bicyclic) bond motifs is 14. The van der Waals surface area contributed by atoms with Gasteiger partial charge >= 0.3 is 60.2 Å². The van der Waals surface area contributed by atoms with Crippen LogP contribution in [0.3, 0.4) is 0 Å². The lowest BCUT2D eigenvalue weighted by molar-refractivity contribution is -0.193. The number of benzene rings is 4. The van der Waals surface area contributed by atoms with E-state index in [1.54, 1.807) is 34.5 Å². The average molecular weight is 2000 g/mol. The van der Waals surface area contributed by atoms with Crippen LogP contribution in [0.1, 0.15) is 174 Å². The standard InChI is InChI=1S/2C50H62N8O7.2C2HF3O2/c1-34-27-35-28-38-31-57(52-43(34)38)32-64-46(61)49(15-16-49)13-5-6-14-50(17-18-50)47(62)65-33-58-42-8-4-3-7-37(42)30-40(44(58)59)36-9-21-56(22-10-36)48(63)51-41(29-35)45(60)55-25-23-54(24-26-55)39-11-19-53(2)20-12-39;1-34-27-35-28-38-31-51-58(43(34)38)33-65-47(62)50(17-18-50)14-6-5-13-49(15-16-49)46(61)64-32-57-42-8-4-3-7-37(42)30-40(44(57)59)36-9-21-56(22-10-36)48(63)52-41(29-35)45(60)55-25-23-54(24-26-55)39-11-19-53(2)20-12-39;2*3-2(4,5)1(6)7/h3-8,27-28,30-31,36,39,41H,9-26,29,32-33H2,1-2H3,(H,51,63);3-8,27-28,30-31,36,39,41H,9-26,29,32-33H2,1-2H3,(H,52,63);2*(H,6,7)/b2*6-5-;;/t2*41-;;/m11../s1. The number of rotatable bonds is 4. The van der Waals surface area contributed by atoms with E-state index in [0.717, 1.165) is 159 Å². The summed E-state index contributed by atoms with van der Waals surface area (Å²) in [7, 11) is 4.34. The summed E-state index contributed by atoms with van der Waals surface area (Å²) >= 11 is 0. The molecule has 10 fully saturated rings. The zero-order chi connectivity index (χ0) is 102. The van der Waals surface area contributed by atoms with Crippen LogP contribution in [-0.2, 0) is 97.1 Å². The first-order valence-electron chi connectivity index (χ1n) is 50.1. The predicted octanol–water partition coefficient (Wildman–Crippen LogP) is 11.9. The number of carboxylic acid groups (broad SMARTS) is 2. The molecule has 4 aromatic carbocycles. The molecule has 34 nitrogen and oxygen atoms in total. The van der Waals surface area contributed by atoms with Crippen molar-refractivity contribution in [2.24, 2.45) is 21.7 Å². The van der Waals surface area contributed by atoms with E-state index in [4.69, 9.17) is 43.8 Å². The number of likely N-dealkylation sites (tertiary alicyclic amines) is 2. The molecule has 4 spiro atoms. The van der Waals surface area contributed by atoms with Crippen LogP contribution in [0.4, 0.5) is 35.9 Å². The predicted molar refractivity (Wildman–Crippen MR) is 517 cm³/mol. The normalized spacial score (nSPS) is 23.3. The van der Waals surface area contributed by atoms with E-state index in [1.807, 2.05) is 139 Å². The number of allylic oxidation sites excluding steroid dienone is 4. The number of hydrogen-bond donors (Lipinski definition) is 4. The molecular weight excluding hydrogens is 1880 g/mol. The summed E-state index contributed by atoms with van der Waals surface area (Å²) in [4.78, 5) is 175. The Kier molecular flexibility index (Phi) is 30.7. The number of hydrogen-bond acceptors (Lipinski definition) is 22. The van der Waals surface area contributed by atoms with Gasteiger partial charge in [0.2, 0.25) is 11.8 Å². The summed E-state index contributed by atoms with van der Waals surface area (Å²) < 4.78 is 93.6. The first-order valence-corrected chi connectivity index (χ1v) is 50.1. The third-order valence-corrected chi connectivity index (χ3v) is 31.4. The number of aryl methyl sites for hydroxylation is 2. The Hall–Kier alpha value is -12.6. The van der Waals surface area contributed by atoms with Crippen LogP contribution >= 0.6 is 0 Å². The van der Waals surface area contributed by atoms with E-state index in [1.165, 1.54) is 0 Å². The molecule has 6 amide bonds. The number of para-hydroxylation sites is 2. The van der Waals surface area contributed by atoms with Crippen LogP contribution in [0.5, 0.6) is 0 Å². The summed E-state index contributed by atoms with van der Waals surface area (Å²) in [5, 5.41) is 33.5. The maximum absolute atomic E-state index is 14.6. The lowest BCUT2D eigenvalue weighted by Gasteiger charge is -2.43. The fourth-order valence-corrected chi connectivity index (χ4v) is 21.7. The first kappa shape index (κ1) is 103. The van der Waals surface area contributed by atoms with Gasteiger partial charge in [-0.2, -0.15) is 36.5 Å². The molecular formula is C104H126F6N16O18. The molecule has 15 bridgehead atoms. The summed E-state index contributed by atoms with van der Waals surface area (Å²) in [6.45, 7) is 15.2. The van der Waals surface area contributed by atoms with Crippen molar-refractivity contribution in [3.8, 4) is 0 Å². The minimum Gasteiger partial charge on any atom is -0.475 e. The van der Waals surface area contributed by atoms with E-state index < -0.39 is 58.0 Å². The van der Waals surface area contributed by atoms with Crippen molar-refractivity contribution in [3.05, 3.63) is 176 Å². The van der Waals surface area contributed by atoms with Crippen molar-refractivity contribution in [3.63, 3.8) is 0 Å².